The van der Waals surface area contributed by atoms with Crippen molar-refractivity contribution in [2.45, 2.75) is 6.92 Å². The first-order chi connectivity index (χ1) is 14.8. The van der Waals surface area contributed by atoms with E-state index in [0.717, 1.165) is 38.5 Å². The zero-order valence-electron chi connectivity index (χ0n) is 16.3. The Balaban J connectivity index is 1.65. The highest BCUT2D eigenvalue weighted by molar-refractivity contribution is 7.07. The van der Waals surface area contributed by atoms with Gasteiger partial charge in [-0.1, -0.05) is 35.9 Å². The zero-order valence-corrected chi connectivity index (χ0v) is 17.1. The molecule has 5 rings (SSSR count). The highest BCUT2D eigenvalue weighted by Crippen LogP contribution is 2.28. The minimum atomic E-state index is 0.754. The van der Waals surface area contributed by atoms with Gasteiger partial charge in [0, 0.05) is 23.2 Å². The second-order valence-corrected chi connectivity index (χ2v) is 7.67. The van der Waals surface area contributed by atoms with Crippen molar-refractivity contribution in [1.29, 1.82) is 0 Å². The summed E-state index contributed by atoms with van der Waals surface area (Å²) in [4.78, 5) is 9.63. The van der Waals surface area contributed by atoms with E-state index in [9.17, 15) is 0 Å². The van der Waals surface area contributed by atoms with Crippen LogP contribution in [0.15, 0.2) is 99.0 Å². The fourth-order valence-corrected chi connectivity index (χ4v) is 3.91. The molecular formula is C24H18N4OS. The third kappa shape index (κ3) is 3.73. The molecular weight excluding hydrogens is 392 g/mol. The number of aromatic nitrogens is 2. The molecule has 2 aromatic carbocycles. The SMILES string of the molecule is Cc1ccc(N=c2scc(-c3cc4ccccc4o3)n2N=Cc2ccncc2)cc1. The smallest absolute Gasteiger partial charge is 0.211 e. The van der Waals surface area contributed by atoms with E-state index in [1.165, 1.54) is 16.9 Å². The Labute approximate surface area is 177 Å². The molecule has 0 aliphatic rings. The molecule has 0 N–H and O–H groups in total. The number of rotatable bonds is 4. The van der Waals surface area contributed by atoms with Gasteiger partial charge in [-0.2, -0.15) is 5.10 Å². The molecule has 0 aliphatic heterocycles. The van der Waals surface area contributed by atoms with E-state index in [1.54, 1.807) is 18.6 Å². The number of nitrogens with zero attached hydrogens (tertiary/aromatic N) is 4. The second-order valence-electron chi connectivity index (χ2n) is 6.84. The summed E-state index contributed by atoms with van der Waals surface area (Å²) in [5.41, 5.74) is 4.74. The average Bonchev–Trinajstić information content (AvgIpc) is 3.38. The van der Waals surface area contributed by atoms with Crippen LogP contribution in [-0.4, -0.2) is 15.9 Å². The minimum Gasteiger partial charge on any atom is -0.454 e. The van der Waals surface area contributed by atoms with Gasteiger partial charge in [-0.05, 0) is 48.9 Å². The van der Waals surface area contributed by atoms with Crippen molar-refractivity contribution in [3.8, 4) is 11.5 Å². The number of para-hydroxylation sites is 1. The first-order valence-corrected chi connectivity index (χ1v) is 10.4. The number of fused-ring (bicyclic) bond motifs is 1. The van der Waals surface area contributed by atoms with Crippen LogP contribution < -0.4 is 4.80 Å². The van der Waals surface area contributed by atoms with Gasteiger partial charge in [0.15, 0.2) is 5.76 Å². The van der Waals surface area contributed by atoms with Gasteiger partial charge in [0.05, 0.1) is 11.9 Å². The largest absolute Gasteiger partial charge is 0.454 e. The van der Waals surface area contributed by atoms with E-state index < -0.39 is 0 Å². The van der Waals surface area contributed by atoms with Gasteiger partial charge in [0.1, 0.15) is 11.3 Å². The van der Waals surface area contributed by atoms with E-state index in [2.05, 4.69) is 24.0 Å². The molecule has 0 radical (unpaired) electrons. The normalized spacial score (nSPS) is 12.2. The van der Waals surface area contributed by atoms with Gasteiger partial charge in [0.25, 0.3) is 0 Å². The molecule has 146 valence electrons. The molecule has 0 unspecified atom stereocenters. The monoisotopic (exact) mass is 410 g/mol. The average molecular weight is 411 g/mol. The van der Waals surface area contributed by atoms with Crippen LogP contribution in [0.25, 0.3) is 22.4 Å². The Bertz CT molecular complexity index is 1360. The number of aryl methyl sites for hydroxylation is 1. The first kappa shape index (κ1) is 18.3. The molecule has 0 aliphatic carbocycles. The summed E-state index contributed by atoms with van der Waals surface area (Å²) < 4.78 is 7.91. The number of pyridine rings is 1. The maximum atomic E-state index is 6.09. The number of furan rings is 1. The Morgan fingerprint density at radius 2 is 1.80 bits per heavy atom. The van der Waals surface area contributed by atoms with Crippen LogP contribution in [0.5, 0.6) is 0 Å². The quantitative estimate of drug-likeness (QED) is 0.353. The third-order valence-corrected chi connectivity index (χ3v) is 5.47. The van der Waals surface area contributed by atoms with Gasteiger partial charge >= 0.3 is 0 Å². The lowest BCUT2D eigenvalue weighted by Gasteiger charge is -2.01. The summed E-state index contributed by atoms with van der Waals surface area (Å²) in [6, 6.07) is 22.0. The maximum Gasteiger partial charge on any atom is 0.211 e. The van der Waals surface area contributed by atoms with Crippen LogP contribution in [0, 0.1) is 6.92 Å². The predicted octanol–water partition coefficient (Wildman–Crippen LogP) is 5.78. The van der Waals surface area contributed by atoms with Gasteiger partial charge < -0.3 is 4.42 Å². The van der Waals surface area contributed by atoms with Crippen molar-refractivity contribution >= 4 is 34.2 Å². The summed E-state index contributed by atoms with van der Waals surface area (Å²) in [6.07, 6.45) is 5.30. The van der Waals surface area contributed by atoms with E-state index in [1.807, 2.05) is 64.7 Å². The van der Waals surface area contributed by atoms with Crippen LogP contribution in [0.1, 0.15) is 11.1 Å². The van der Waals surface area contributed by atoms with Gasteiger partial charge in [-0.15, -0.1) is 11.3 Å². The molecule has 5 nitrogen and oxygen atoms in total. The highest BCUT2D eigenvalue weighted by atomic mass is 32.1. The van der Waals surface area contributed by atoms with E-state index >= 15 is 0 Å². The van der Waals surface area contributed by atoms with Crippen LogP contribution in [0.4, 0.5) is 5.69 Å². The molecule has 6 heteroatoms. The van der Waals surface area contributed by atoms with E-state index in [0.29, 0.717) is 0 Å². The predicted molar refractivity (Wildman–Crippen MR) is 121 cm³/mol. The fraction of sp³-hybridized carbons (Fsp3) is 0.0417. The van der Waals surface area contributed by atoms with Crippen molar-refractivity contribution < 1.29 is 4.42 Å². The molecule has 3 heterocycles. The summed E-state index contributed by atoms with van der Waals surface area (Å²) in [7, 11) is 0. The topological polar surface area (TPSA) is 55.7 Å². The van der Waals surface area contributed by atoms with Crippen molar-refractivity contribution in [2.75, 3.05) is 0 Å². The highest BCUT2D eigenvalue weighted by Gasteiger charge is 2.12. The van der Waals surface area contributed by atoms with Crippen molar-refractivity contribution in [1.82, 2.24) is 9.66 Å². The van der Waals surface area contributed by atoms with Gasteiger partial charge in [-0.3, -0.25) is 4.98 Å². The maximum absolute atomic E-state index is 6.09. The molecule has 0 saturated heterocycles. The first-order valence-electron chi connectivity index (χ1n) is 9.51. The lowest BCUT2D eigenvalue weighted by molar-refractivity contribution is 0.622. The van der Waals surface area contributed by atoms with Gasteiger partial charge in [-0.25, -0.2) is 9.67 Å². The van der Waals surface area contributed by atoms with Crippen molar-refractivity contribution in [2.24, 2.45) is 10.1 Å². The molecule has 0 spiro atoms. The summed E-state index contributed by atoms with van der Waals surface area (Å²) in [6.45, 7) is 2.06. The second kappa shape index (κ2) is 7.93. The summed E-state index contributed by atoms with van der Waals surface area (Å²) in [5.74, 6) is 0.754. The Hall–Kier alpha value is -3.77. The van der Waals surface area contributed by atoms with Crippen LogP contribution in [0.3, 0.4) is 0 Å². The molecule has 0 fully saturated rings. The molecule has 3 aromatic heterocycles. The van der Waals surface area contributed by atoms with E-state index in [-0.39, 0.29) is 0 Å². The van der Waals surface area contributed by atoms with Crippen molar-refractivity contribution in [3.63, 3.8) is 0 Å². The number of benzene rings is 2. The third-order valence-electron chi connectivity index (χ3n) is 4.65. The molecule has 5 aromatic rings. The number of thiazole rings is 1. The molecule has 0 amide bonds. The Morgan fingerprint density at radius 3 is 2.60 bits per heavy atom. The Morgan fingerprint density at radius 1 is 1.00 bits per heavy atom. The van der Waals surface area contributed by atoms with Gasteiger partial charge in [0.2, 0.25) is 4.80 Å². The van der Waals surface area contributed by atoms with Crippen molar-refractivity contribution in [3.05, 3.63) is 100 Å². The minimum absolute atomic E-state index is 0.754. The fourth-order valence-electron chi connectivity index (χ4n) is 3.07. The zero-order chi connectivity index (χ0) is 20.3. The summed E-state index contributed by atoms with van der Waals surface area (Å²) in [5, 5.41) is 7.80. The molecule has 30 heavy (non-hydrogen) atoms. The standard InChI is InChI=1S/C24H18N4OS/c1-17-6-8-20(9-7-17)27-24-28(26-15-18-10-12-25-13-11-18)21(16-30-24)23-14-19-4-2-3-5-22(19)29-23/h2-16H,1H3. The summed E-state index contributed by atoms with van der Waals surface area (Å²) >= 11 is 1.53. The number of hydrogen-bond donors (Lipinski definition) is 0. The lowest BCUT2D eigenvalue weighted by atomic mass is 10.2. The van der Waals surface area contributed by atoms with Crippen LogP contribution >= 0.6 is 11.3 Å². The molecule has 0 saturated carbocycles. The van der Waals surface area contributed by atoms with Crippen LogP contribution in [0.2, 0.25) is 0 Å². The Kier molecular flexibility index (Phi) is 4.83. The van der Waals surface area contributed by atoms with Crippen LogP contribution in [-0.2, 0) is 0 Å². The lowest BCUT2D eigenvalue weighted by Crippen LogP contribution is -2.11. The number of hydrogen-bond acceptors (Lipinski definition) is 5. The molecule has 0 bridgehead atoms. The molecule has 0 atom stereocenters. The van der Waals surface area contributed by atoms with E-state index in [4.69, 9.17) is 14.5 Å².